The fraction of sp³-hybridized carbons (Fsp3) is 0.278. The minimum absolute atomic E-state index is 0.123. The number of nitrogens with zero attached hydrogens (tertiary/aromatic N) is 2. The molecular formula is C18H16FN3O2. The van der Waals surface area contributed by atoms with Gasteiger partial charge in [-0.2, -0.15) is 5.26 Å². The first-order chi connectivity index (χ1) is 11.7. The smallest absolute Gasteiger partial charge is 0.269 e. The van der Waals surface area contributed by atoms with Crippen LogP contribution in [0.25, 0.3) is 0 Å². The van der Waals surface area contributed by atoms with E-state index in [1.165, 1.54) is 24.4 Å². The Balaban J connectivity index is 1.61. The number of nitriles is 1. The van der Waals surface area contributed by atoms with Gasteiger partial charge in [-0.25, -0.2) is 9.37 Å². The van der Waals surface area contributed by atoms with Crippen LogP contribution in [0.4, 0.5) is 4.39 Å². The van der Waals surface area contributed by atoms with Gasteiger partial charge in [-0.1, -0.05) is 12.1 Å². The highest BCUT2D eigenvalue weighted by atomic mass is 19.1. The molecule has 1 aromatic carbocycles. The Morgan fingerprint density at radius 3 is 2.79 bits per heavy atom. The van der Waals surface area contributed by atoms with Crippen LogP contribution >= 0.6 is 0 Å². The zero-order chi connectivity index (χ0) is 16.9. The summed E-state index contributed by atoms with van der Waals surface area (Å²) in [5, 5.41) is 11.6. The summed E-state index contributed by atoms with van der Waals surface area (Å²) in [7, 11) is 0. The molecule has 2 aromatic rings. The second-order valence-electron chi connectivity index (χ2n) is 5.65. The molecule has 0 bridgehead atoms. The number of hydrogen-bond donors (Lipinski definition) is 1. The van der Waals surface area contributed by atoms with Gasteiger partial charge in [-0.15, -0.1) is 0 Å². The number of carbonyl (C=O) groups is 1. The molecule has 1 saturated heterocycles. The van der Waals surface area contributed by atoms with Crippen LogP contribution in [0.1, 0.15) is 34.1 Å². The lowest BCUT2D eigenvalue weighted by molar-refractivity contribution is 0.0843. The topological polar surface area (TPSA) is 75.0 Å². The number of amides is 1. The predicted molar refractivity (Wildman–Crippen MR) is 84.5 cm³/mol. The Morgan fingerprint density at radius 1 is 1.33 bits per heavy atom. The number of ether oxygens (including phenoxy) is 1. The first-order valence-corrected chi connectivity index (χ1v) is 7.69. The van der Waals surface area contributed by atoms with Crippen molar-refractivity contribution in [3.63, 3.8) is 0 Å². The third kappa shape index (κ3) is 3.58. The fourth-order valence-electron chi connectivity index (χ4n) is 2.77. The number of rotatable bonds is 4. The molecule has 2 atom stereocenters. The molecule has 2 heterocycles. The van der Waals surface area contributed by atoms with Gasteiger partial charge in [0.05, 0.1) is 11.7 Å². The number of benzene rings is 1. The van der Waals surface area contributed by atoms with E-state index in [1.807, 2.05) is 6.07 Å². The molecule has 122 valence electrons. The molecule has 3 rings (SSSR count). The first-order valence-electron chi connectivity index (χ1n) is 7.69. The van der Waals surface area contributed by atoms with Crippen molar-refractivity contribution in [1.29, 1.82) is 5.26 Å². The average Bonchev–Trinajstić information content (AvgIpc) is 3.09. The summed E-state index contributed by atoms with van der Waals surface area (Å²) in [4.78, 5) is 16.1. The fourth-order valence-corrected chi connectivity index (χ4v) is 2.77. The Morgan fingerprint density at radius 2 is 2.12 bits per heavy atom. The third-order valence-electron chi connectivity index (χ3n) is 4.06. The van der Waals surface area contributed by atoms with Gasteiger partial charge >= 0.3 is 0 Å². The minimum atomic E-state index is -0.288. The van der Waals surface area contributed by atoms with Gasteiger partial charge < -0.3 is 10.1 Å². The van der Waals surface area contributed by atoms with Gasteiger partial charge in [0, 0.05) is 25.3 Å². The van der Waals surface area contributed by atoms with Crippen molar-refractivity contribution in [3.8, 4) is 6.07 Å². The number of aromatic nitrogens is 1. The van der Waals surface area contributed by atoms with Crippen molar-refractivity contribution in [1.82, 2.24) is 10.3 Å². The van der Waals surface area contributed by atoms with Crippen molar-refractivity contribution < 1.29 is 13.9 Å². The van der Waals surface area contributed by atoms with Gasteiger partial charge in [-0.3, -0.25) is 4.79 Å². The molecule has 1 aromatic heterocycles. The van der Waals surface area contributed by atoms with E-state index < -0.39 is 0 Å². The molecule has 1 aliphatic heterocycles. The van der Waals surface area contributed by atoms with Crippen LogP contribution in [0, 0.1) is 23.1 Å². The minimum Gasteiger partial charge on any atom is -0.373 e. The van der Waals surface area contributed by atoms with E-state index in [0.717, 1.165) is 12.0 Å². The number of carbonyl (C=O) groups excluding carboxylic acids is 1. The highest BCUT2D eigenvalue weighted by Gasteiger charge is 2.30. The van der Waals surface area contributed by atoms with Crippen molar-refractivity contribution in [2.75, 3.05) is 13.2 Å². The van der Waals surface area contributed by atoms with Crippen LogP contribution in [0.5, 0.6) is 0 Å². The normalized spacial score (nSPS) is 19.7. The van der Waals surface area contributed by atoms with Crippen LogP contribution in [0.15, 0.2) is 42.6 Å². The van der Waals surface area contributed by atoms with E-state index in [0.29, 0.717) is 18.7 Å². The van der Waals surface area contributed by atoms with E-state index in [2.05, 4.69) is 10.3 Å². The van der Waals surface area contributed by atoms with Crippen molar-refractivity contribution in [2.45, 2.75) is 12.5 Å². The monoisotopic (exact) mass is 325 g/mol. The Kier molecular flexibility index (Phi) is 4.82. The van der Waals surface area contributed by atoms with E-state index in [9.17, 15) is 9.18 Å². The summed E-state index contributed by atoms with van der Waals surface area (Å²) in [6.07, 6.45) is 2.04. The average molecular weight is 325 g/mol. The van der Waals surface area contributed by atoms with E-state index in [1.54, 1.807) is 18.2 Å². The molecule has 1 aliphatic rings. The zero-order valence-corrected chi connectivity index (χ0v) is 12.9. The lowest BCUT2D eigenvalue weighted by Crippen LogP contribution is -2.31. The zero-order valence-electron chi connectivity index (χ0n) is 12.9. The Hall–Kier alpha value is -2.78. The summed E-state index contributed by atoms with van der Waals surface area (Å²) in [6, 6.07) is 11.3. The molecule has 0 aliphatic carbocycles. The van der Waals surface area contributed by atoms with E-state index in [4.69, 9.17) is 10.00 Å². The maximum atomic E-state index is 13.0. The van der Waals surface area contributed by atoms with Crippen LogP contribution in [0.3, 0.4) is 0 Å². The molecule has 0 spiro atoms. The van der Waals surface area contributed by atoms with Crippen LogP contribution < -0.4 is 5.32 Å². The standard InChI is InChI=1S/C18H16FN3O2/c19-15-4-2-13(3-5-15)17-14(7-8-24-17)11-22-18(23)16-6-1-12(9-20)10-21-16/h1-6,10,14,17H,7-8,11H2,(H,22,23)/t14-,17-/m0/s1. The van der Waals surface area contributed by atoms with Gasteiger partial charge in [0.15, 0.2) is 0 Å². The second kappa shape index (κ2) is 7.20. The second-order valence-corrected chi connectivity index (χ2v) is 5.65. The SMILES string of the molecule is N#Cc1ccc(C(=O)NC[C@@H]2CCO[C@H]2c2ccc(F)cc2)nc1. The number of halogens is 1. The number of hydrogen-bond acceptors (Lipinski definition) is 4. The largest absolute Gasteiger partial charge is 0.373 e. The third-order valence-corrected chi connectivity index (χ3v) is 4.06. The van der Waals surface area contributed by atoms with Gasteiger partial charge in [0.2, 0.25) is 0 Å². The van der Waals surface area contributed by atoms with E-state index in [-0.39, 0.29) is 29.4 Å². The van der Waals surface area contributed by atoms with Gasteiger partial charge in [0.25, 0.3) is 5.91 Å². The molecule has 6 heteroatoms. The maximum Gasteiger partial charge on any atom is 0.269 e. The molecule has 0 saturated carbocycles. The van der Waals surface area contributed by atoms with Gasteiger partial charge in [0.1, 0.15) is 17.6 Å². The molecule has 1 amide bonds. The first kappa shape index (κ1) is 16.1. The summed E-state index contributed by atoms with van der Waals surface area (Å²) in [6.45, 7) is 1.06. The summed E-state index contributed by atoms with van der Waals surface area (Å²) in [5.74, 6) is -0.449. The highest BCUT2D eigenvalue weighted by molar-refractivity contribution is 5.92. The quantitative estimate of drug-likeness (QED) is 0.937. The lowest BCUT2D eigenvalue weighted by Gasteiger charge is -2.19. The summed E-state index contributed by atoms with van der Waals surface area (Å²) >= 11 is 0. The van der Waals surface area contributed by atoms with Crippen LogP contribution in [-0.2, 0) is 4.74 Å². The van der Waals surface area contributed by atoms with E-state index >= 15 is 0 Å². The molecule has 1 fully saturated rings. The number of nitrogens with one attached hydrogen (secondary N) is 1. The predicted octanol–water partition coefficient (Wildman–Crippen LogP) is 2.60. The highest BCUT2D eigenvalue weighted by Crippen LogP contribution is 2.34. The van der Waals surface area contributed by atoms with Gasteiger partial charge in [-0.05, 0) is 36.2 Å². The molecule has 0 unspecified atom stereocenters. The van der Waals surface area contributed by atoms with Crippen LogP contribution in [-0.4, -0.2) is 24.0 Å². The maximum absolute atomic E-state index is 13.0. The molecule has 24 heavy (non-hydrogen) atoms. The Labute approximate surface area is 139 Å². The van der Waals surface area contributed by atoms with Crippen molar-refractivity contribution in [3.05, 3.63) is 65.2 Å². The van der Waals surface area contributed by atoms with Crippen molar-refractivity contribution >= 4 is 5.91 Å². The Bertz CT molecular complexity index is 753. The summed E-state index contributed by atoms with van der Waals surface area (Å²) < 4.78 is 18.8. The lowest BCUT2D eigenvalue weighted by atomic mass is 9.95. The van der Waals surface area contributed by atoms with Crippen molar-refractivity contribution in [2.24, 2.45) is 5.92 Å². The van der Waals surface area contributed by atoms with Crippen LogP contribution in [0.2, 0.25) is 0 Å². The molecular weight excluding hydrogens is 309 g/mol. The molecule has 1 N–H and O–H groups in total. The molecule has 0 radical (unpaired) electrons. The number of pyridine rings is 1. The summed E-state index contributed by atoms with van der Waals surface area (Å²) in [5.41, 5.74) is 1.59. The molecule has 5 nitrogen and oxygen atoms in total.